The first-order valence-corrected chi connectivity index (χ1v) is 3.95. The molecule has 3 heteroatoms. The third-order valence-corrected chi connectivity index (χ3v) is 0.716. The molecular weight excluding hydrogens is 140 g/mol. The zero-order chi connectivity index (χ0) is 9.49. The van der Waals surface area contributed by atoms with Crippen molar-refractivity contribution in [2.24, 2.45) is 0 Å². The number of hydrogen-bond acceptors (Lipinski definition) is 1. The zero-order valence-corrected chi connectivity index (χ0v) is 8.41. The maximum atomic E-state index is 10.6. The standard InChI is InChI=1S/C6H14N2O.C2H6/c1-6(2,3)8-5(9)7-4;1-2/h1-4H3,(H2,7,8,9);1-2H3. The van der Waals surface area contributed by atoms with E-state index in [4.69, 9.17) is 0 Å². The van der Waals surface area contributed by atoms with Crippen LogP contribution in [-0.4, -0.2) is 18.6 Å². The fourth-order valence-electron chi connectivity index (χ4n) is 0.403. The van der Waals surface area contributed by atoms with Crippen LogP contribution in [0.15, 0.2) is 0 Å². The van der Waals surface area contributed by atoms with Crippen molar-refractivity contribution in [2.75, 3.05) is 7.05 Å². The zero-order valence-electron chi connectivity index (χ0n) is 8.41. The highest BCUT2D eigenvalue weighted by atomic mass is 16.2. The number of rotatable bonds is 0. The second kappa shape index (κ2) is 6.01. The van der Waals surface area contributed by atoms with Gasteiger partial charge < -0.3 is 10.6 Å². The van der Waals surface area contributed by atoms with Crippen LogP contribution in [0.1, 0.15) is 34.6 Å². The Bertz CT molecular complexity index is 105. The van der Waals surface area contributed by atoms with Gasteiger partial charge in [-0.1, -0.05) is 13.8 Å². The minimum Gasteiger partial charge on any atom is -0.341 e. The van der Waals surface area contributed by atoms with Crippen LogP contribution in [0.5, 0.6) is 0 Å². The van der Waals surface area contributed by atoms with Gasteiger partial charge in [-0.2, -0.15) is 0 Å². The molecule has 11 heavy (non-hydrogen) atoms. The van der Waals surface area contributed by atoms with Gasteiger partial charge in [0.1, 0.15) is 0 Å². The van der Waals surface area contributed by atoms with E-state index >= 15 is 0 Å². The molecule has 0 radical (unpaired) electrons. The van der Waals surface area contributed by atoms with Crippen molar-refractivity contribution < 1.29 is 4.79 Å². The van der Waals surface area contributed by atoms with Crippen LogP contribution in [0.4, 0.5) is 4.79 Å². The fourth-order valence-corrected chi connectivity index (χ4v) is 0.403. The maximum Gasteiger partial charge on any atom is 0.314 e. The van der Waals surface area contributed by atoms with Gasteiger partial charge >= 0.3 is 6.03 Å². The number of nitrogens with one attached hydrogen (secondary N) is 2. The van der Waals surface area contributed by atoms with Gasteiger partial charge in [0.15, 0.2) is 0 Å². The van der Waals surface area contributed by atoms with Crippen molar-refractivity contribution in [3.8, 4) is 0 Å². The van der Waals surface area contributed by atoms with Crippen LogP contribution < -0.4 is 10.6 Å². The van der Waals surface area contributed by atoms with E-state index < -0.39 is 0 Å². The minimum atomic E-state index is -0.139. The molecule has 0 saturated heterocycles. The van der Waals surface area contributed by atoms with Crippen molar-refractivity contribution in [1.29, 1.82) is 0 Å². The van der Waals surface area contributed by atoms with Crippen molar-refractivity contribution >= 4 is 6.03 Å². The highest BCUT2D eigenvalue weighted by molar-refractivity contribution is 5.74. The molecule has 0 heterocycles. The van der Waals surface area contributed by atoms with E-state index in [1.54, 1.807) is 7.05 Å². The van der Waals surface area contributed by atoms with E-state index in [-0.39, 0.29) is 11.6 Å². The lowest BCUT2D eigenvalue weighted by atomic mass is 10.1. The largest absolute Gasteiger partial charge is 0.341 e. The Morgan fingerprint density at radius 2 is 1.55 bits per heavy atom. The topological polar surface area (TPSA) is 41.1 Å². The Morgan fingerprint density at radius 3 is 1.64 bits per heavy atom. The lowest BCUT2D eigenvalue weighted by Gasteiger charge is -2.19. The Morgan fingerprint density at radius 1 is 1.18 bits per heavy atom. The summed E-state index contributed by atoms with van der Waals surface area (Å²) in [6, 6.07) is -0.137. The molecule has 0 rings (SSSR count). The first kappa shape index (κ1) is 12.9. The Balaban J connectivity index is 0. The van der Waals surface area contributed by atoms with Gasteiger partial charge in [-0.15, -0.1) is 0 Å². The highest BCUT2D eigenvalue weighted by Crippen LogP contribution is 1.96. The second-order valence-corrected chi connectivity index (χ2v) is 2.95. The normalized spacial score (nSPS) is 9.27. The predicted octanol–water partition coefficient (Wildman–Crippen LogP) is 1.74. The molecule has 0 unspecified atom stereocenters. The van der Waals surface area contributed by atoms with Crippen LogP contribution in [0.3, 0.4) is 0 Å². The summed E-state index contributed by atoms with van der Waals surface area (Å²) < 4.78 is 0. The summed E-state index contributed by atoms with van der Waals surface area (Å²) in [5.74, 6) is 0. The molecule has 0 aromatic heterocycles. The Kier molecular flexibility index (Phi) is 7.05. The number of carbonyl (C=O) groups is 1. The summed E-state index contributed by atoms with van der Waals surface area (Å²) >= 11 is 0. The number of amides is 2. The van der Waals surface area contributed by atoms with E-state index in [9.17, 15) is 4.79 Å². The molecule has 0 aromatic carbocycles. The van der Waals surface area contributed by atoms with E-state index in [2.05, 4.69) is 10.6 Å². The van der Waals surface area contributed by atoms with Crippen LogP contribution >= 0.6 is 0 Å². The van der Waals surface area contributed by atoms with Crippen molar-refractivity contribution in [2.45, 2.75) is 40.2 Å². The molecule has 0 atom stereocenters. The summed E-state index contributed by atoms with van der Waals surface area (Å²) in [6.45, 7) is 9.80. The molecule has 0 bridgehead atoms. The van der Waals surface area contributed by atoms with Gasteiger partial charge in [0.25, 0.3) is 0 Å². The average molecular weight is 160 g/mol. The molecule has 0 saturated carbocycles. The minimum absolute atomic E-state index is 0.137. The van der Waals surface area contributed by atoms with Crippen LogP contribution in [0.2, 0.25) is 0 Å². The number of urea groups is 1. The average Bonchev–Trinajstić information content (AvgIpc) is 1.89. The summed E-state index contributed by atoms with van der Waals surface area (Å²) in [7, 11) is 1.60. The fraction of sp³-hybridized carbons (Fsp3) is 0.875. The molecule has 0 spiro atoms. The molecule has 2 N–H and O–H groups in total. The molecular formula is C8H20N2O. The van der Waals surface area contributed by atoms with Gasteiger partial charge in [0.2, 0.25) is 0 Å². The number of hydrogen-bond donors (Lipinski definition) is 2. The maximum absolute atomic E-state index is 10.6. The quantitative estimate of drug-likeness (QED) is 0.557. The molecule has 3 nitrogen and oxygen atoms in total. The monoisotopic (exact) mass is 160 g/mol. The van der Waals surface area contributed by atoms with Gasteiger partial charge in [0.05, 0.1) is 0 Å². The third kappa shape index (κ3) is 12.5. The van der Waals surface area contributed by atoms with Gasteiger partial charge in [-0.05, 0) is 20.8 Å². The first-order chi connectivity index (χ1) is 4.95. The van der Waals surface area contributed by atoms with Gasteiger partial charge in [-0.3, -0.25) is 0 Å². The molecule has 0 aromatic rings. The highest BCUT2D eigenvalue weighted by Gasteiger charge is 2.11. The smallest absolute Gasteiger partial charge is 0.314 e. The second-order valence-electron chi connectivity index (χ2n) is 2.95. The van der Waals surface area contributed by atoms with Gasteiger partial charge in [0, 0.05) is 12.6 Å². The Labute approximate surface area is 69.6 Å². The van der Waals surface area contributed by atoms with Crippen LogP contribution in [-0.2, 0) is 0 Å². The Hall–Kier alpha value is -0.730. The molecule has 0 fully saturated rings. The summed E-state index contributed by atoms with van der Waals surface area (Å²) in [5.41, 5.74) is -0.139. The molecule has 0 aliphatic rings. The van der Waals surface area contributed by atoms with Crippen LogP contribution in [0, 0.1) is 0 Å². The van der Waals surface area contributed by atoms with E-state index in [1.165, 1.54) is 0 Å². The van der Waals surface area contributed by atoms with Crippen molar-refractivity contribution in [1.82, 2.24) is 10.6 Å². The molecule has 0 aliphatic carbocycles. The summed E-state index contributed by atoms with van der Waals surface area (Å²) in [4.78, 5) is 10.6. The third-order valence-electron chi connectivity index (χ3n) is 0.716. The van der Waals surface area contributed by atoms with Gasteiger partial charge in [-0.25, -0.2) is 4.79 Å². The molecule has 0 aliphatic heterocycles. The predicted molar refractivity (Wildman–Crippen MR) is 48.7 cm³/mol. The van der Waals surface area contributed by atoms with E-state index in [0.29, 0.717) is 0 Å². The van der Waals surface area contributed by atoms with Crippen molar-refractivity contribution in [3.63, 3.8) is 0 Å². The summed E-state index contributed by atoms with van der Waals surface area (Å²) in [6.07, 6.45) is 0. The van der Waals surface area contributed by atoms with E-state index in [0.717, 1.165) is 0 Å². The summed E-state index contributed by atoms with van der Waals surface area (Å²) in [5, 5.41) is 5.19. The van der Waals surface area contributed by atoms with Crippen molar-refractivity contribution in [3.05, 3.63) is 0 Å². The molecule has 2 amide bonds. The number of carbonyl (C=O) groups excluding carboxylic acids is 1. The lowest BCUT2D eigenvalue weighted by molar-refractivity contribution is 0.234. The first-order valence-electron chi connectivity index (χ1n) is 3.95. The van der Waals surface area contributed by atoms with E-state index in [1.807, 2.05) is 34.6 Å². The molecule has 68 valence electrons. The van der Waals surface area contributed by atoms with Crippen LogP contribution in [0.25, 0.3) is 0 Å². The SMILES string of the molecule is CC.CNC(=O)NC(C)(C)C. The lowest BCUT2D eigenvalue weighted by Crippen LogP contribution is -2.45.